The van der Waals surface area contributed by atoms with Crippen molar-refractivity contribution in [3.05, 3.63) is 59.8 Å². The molecular formula is C22H26N2. The molecule has 0 saturated carbocycles. The lowest BCUT2D eigenvalue weighted by Crippen LogP contribution is -2.23. The van der Waals surface area contributed by atoms with Gasteiger partial charge >= 0.3 is 0 Å². The van der Waals surface area contributed by atoms with Gasteiger partial charge in [-0.1, -0.05) is 41.5 Å². The van der Waals surface area contributed by atoms with Crippen molar-refractivity contribution in [2.45, 2.75) is 33.2 Å². The maximum atomic E-state index is 2.58. The van der Waals surface area contributed by atoms with Crippen LogP contribution in [0.15, 0.2) is 48.7 Å². The van der Waals surface area contributed by atoms with E-state index in [0.717, 1.165) is 13.1 Å². The van der Waals surface area contributed by atoms with Crippen LogP contribution in [-0.4, -0.2) is 29.1 Å². The van der Waals surface area contributed by atoms with Crippen molar-refractivity contribution in [3.8, 4) is 11.1 Å². The first-order chi connectivity index (χ1) is 11.7. The first kappa shape index (κ1) is 15.5. The van der Waals surface area contributed by atoms with Crippen LogP contribution in [0.3, 0.4) is 0 Å². The molecule has 0 spiro atoms. The minimum atomic E-state index is 1.08. The lowest BCUT2D eigenvalue weighted by atomic mass is 9.98. The van der Waals surface area contributed by atoms with Crippen LogP contribution in [0.25, 0.3) is 22.0 Å². The van der Waals surface area contributed by atoms with Gasteiger partial charge in [-0.2, -0.15) is 0 Å². The second kappa shape index (κ2) is 6.45. The highest BCUT2D eigenvalue weighted by Gasteiger charge is 2.12. The second-order valence-corrected chi connectivity index (χ2v) is 7.17. The molecule has 1 saturated heterocycles. The second-order valence-electron chi connectivity index (χ2n) is 7.17. The number of aromatic nitrogens is 1. The monoisotopic (exact) mass is 318 g/mol. The van der Waals surface area contributed by atoms with Gasteiger partial charge in [0.05, 0.1) is 0 Å². The van der Waals surface area contributed by atoms with E-state index in [1.807, 2.05) is 0 Å². The van der Waals surface area contributed by atoms with E-state index in [2.05, 4.69) is 72.0 Å². The summed E-state index contributed by atoms with van der Waals surface area (Å²) in [7, 11) is 0. The summed E-state index contributed by atoms with van der Waals surface area (Å²) in [5.74, 6) is 0. The molecule has 0 bridgehead atoms. The SMILES string of the molecule is Cc1cc(C)cc(-c2cccc3c2ccn3CCN2CCCC2)c1. The molecule has 3 aromatic rings. The van der Waals surface area contributed by atoms with E-state index in [0.29, 0.717) is 0 Å². The Hall–Kier alpha value is -2.06. The van der Waals surface area contributed by atoms with Crippen molar-refractivity contribution in [1.29, 1.82) is 0 Å². The number of likely N-dealkylation sites (tertiary alicyclic amines) is 1. The standard InChI is InChI=1S/C22H26N2/c1-17-14-18(2)16-19(15-17)20-6-5-7-22-21(20)8-11-24(22)13-12-23-9-3-4-10-23/h5-8,11,14-16H,3-4,9-10,12-13H2,1-2H3. The largest absolute Gasteiger partial charge is 0.346 e. The fourth-order valence-corrected chi connectivity index (χ4v) is 4.06. The van der Waals surface area contributed by atoms with Crippen LogP contribution in [0.5, 0.6) is 0 Å². The number of aryl methyl sites for hydroxylation is 2. The van der Waals surface area contributed by atoms with E-state index in [1.54, 1.807) is 0 Å². The molecule has 1 aliphatic heterocycles. The van der Waals surface area contributed by atoms with E-state index >= 15 is 0 Å². The molecule has 0 radical (unpaired) electrons. The number of nitrogens with zero attached hydrogens (tertiary/aromatic N) is 2. The van der Waals surface area contributed by atoms with Crippen LogP contribution < -0.4 is 0 Å². The topological polar surface area (TPSA) is 8.17 Å². The fourth-order valence-electron chi connectivity index (χ4n) is 4.06. The lowest BCUT2D eigenvalue weighted by Gasteiger charge is -2.15. The third-order valence-corrected chi connectivity index (χ3v) is 5.20. The molecule has 2 nitrogen and oxygen atoms in total. The quantitative estimate of drug-likeness (QED) is 0.655. The molecule has 0 N–H and O–H groups in total. The first-order valence-corrected chi connectivity index (χ1v) is 9.09. The van der Waals surface area contributed by atoms with Crippen LogP contribution in [0.2, 0.25) is 0 Å². The Bertz CT molecular complexity index is 833. The summed E-state index contributed by atoms with van der Waals surface area (Å²) in [6, 6.07) is 15.8. The van der Waals surface area contributed by atoms with Crippen molar-refractivity contribution in [2.24, 2.45) is 0 Å². The molecule has 2 heterocycles. The van der Waals surface area contributed by atoms with Gasteiger partial charge in [0.25, 0.3) is 0 Å². The molecule has 0 amide bonds. The summed E-state index contributed by atoms with van der Waals surface area (Å²) in [6.45, 7) is 9.15. The van der Waals surface area contributed by atoms with Crippen LogP contribution >= 0.6 is 0 Å². The lowest BCUT2D eigenvalue weighted by molar-refractivity contribution is 0.324. The molecule has 2 aromatic carbocycles. The van der Waals surface area contributed by atoms with Crippen molar-refractivity contribution in [3.63, 3.8) is 0 Å². The maximum Gasteiger partial charge on any atom is 0.0486 e. The van der Waals surface area contributed by atoms with Gasteiger partial charge in [-0.05, 0) is 63.0 Å². The zero-order valence-corrected chi connectivity index (χ0v) is 14.8. The number of hydrogen-bond donors (Lipinski definition) is 0. The van der Waals surface area contributed by atoms with Crippen LogP contribution in [-0.2, 0) is 6.54 Å². The minimum Gasteiger partial charge on any atom is -0.346 e. The molecule has 24 heavy (non-hydrogen) atoms. The molecule has 4 rings (SSSR count). The molecule has 0 atom stereocenters. The Labute approximate surface area is 144 Å². The van der Waals surface area contributed by atoms with Gasteiger partial charge in [0.1, 0.15) is 0 Å². The smallest absolute Gasteiger partial charge is 0.0486 e. The third kappa shape index (κ3) is 2.99. The maximum absolute atomic E-state index is 2.58. The highest BCUT2D eigenvalue weighted by atomic mass is 15.2. The van der Waals surface area contributed by atoms with Crippen molar-refractivity contribution >= 4 is 10.9 Å². The minimum absolute atomic E-state index is 1.08. The van der Waals surface area contributed by atoms with Gasteiger partial charge in [0.15, 0.2) is 0 Å². The highest BCUT2D eigenvalue weighted by Crippen LogP contribution is 2.30. The highest BCUT2D eigenvalue weighted by molar-refractivity contribution is 5.95. The van der Waals surface area contributed by atoms with E-state index in [-0.39, 0.29) is 0 Å². The van der Waals surface area contributed by atoms with Crippen molar-refractivity contribution < 1.29 is 0 Å². The average molecular weight is 318 g/mol. The number of rotatable bonds is 4. The fraction of sp³-hybridized carbons (Fsp3) is 0.364. The molecule has 1 aliphatic rings. The van der Waals surface area contributed by atoms with Gasteiger partial charge < -0.3 is 9.47 Å². The van der Waals surface area contributed by atoms with Gasteiger partial charge in [-0.25, -0.2) is 0 Å². The van der Waals surface area contributed by atoms with Crippen LogP contribution in [0.1, 0.15) is 24.0 Å². The van der Waals surface area contributed by atoms with E-state index in [4.69, 9.17) is 0 Å². The zero-order chi connectivity index (χ0) is 16.5. The van der Waals surface area contributed by atoms with E-state index in [1.165, 1.54) is 59.1 Å². The molecule has 124 valence electrons. The summed E-state index contributed by atoms with van der Waals surface area (Å²) in [5.41, 5.74) is 6.69. The van der Waals surface area contributed by atoms with Crippen LogP contribution in [0, 0.1) is 13.8 Å². The van der Waals surface area contributed by atoms with Gasteiger partial charge in [-0.15, -0.1) is 0 Å². The molecule has 1 fully saturated rings. The van der Waals surface area contributed by atoms with E-state index < -0.39 is 0 Å². The molecule has 2 heteroatoms. The Kier molecular flexibility index (Phi) is 4.15. The third-order valence-electron chi connectivity index (χ3n) is 5.20. The summed E-state index contributed by atoms with van der Waals surface area (Å²) in [6.07, 6.45) is 4.99. The molecule has 0 unspecified atom stereocenters. The zero-order valence-electron chi connectivity index (χ0n) is 14.8. The van der Waals surface area contributed by atoms with Gasteiger partial charge in [-0.3, -0.25) is 0 Å². The summed E-state index contributed by atoms with van der Waals surface area (Å²) >= 11 is 0. The normalized spacial score (nSPS) is 15.4. The van der Waals surface area contributed by atoms with Crippen molar-refractivity contribution in [2.75, 3.05) is 19.6 Å². The predicted octanol–water partition coefficient (Wildman–Crippen LogP) is 5.02. The van der Waals surface area contributed by atoms with Gasteiger partial charge in [0.2, 0.25) is 0 Å². The Morgan fingerprint density at radius 2 is 1.62 bits per heavy atom. The van der Waals surface area contributed by atoms with Gasteiger partial charge in [0, 0.05) is 30.2 Å². The Balaban J connectivity index is 1.68. The predicted molar refractivity (Wildman–Crippen MR) is 103 cm³/mol. The van der Waals surface area contributed by atoms with E-state index in [9.17, 15) is 0 Å². The van der Waals surface area contributed by atoms with Crippen molar-refractivity contribution in [1.82, 2.24) is 9.47 Å². The molecule has 0 aliphatic carbocycles. The molecule has 1 aromatic heterocycles. The molecular weight excluding hydrogens is 292 g/mol. The summed E-state index contributed by atoms with van der Waals surface area (Å²) in [5, 5.41) is 1.36. The number of hydrogen-bond acceptors (Lipinski definition) is 1. The number of fused-ring (bicyclic) bond motifs is 1. The summed E-state index contributed by atoms with van der Waals surface area (Å²) in [4.78, 5) is 2.58. The summed E-state index contributed by atoms with van der Waals surface area (Å²) < 4.78 is 2.42. The average Bonchev–Trinajstić information content (AvgIpc) is 3.21. The Morgan fingerprint density at radius 3 is 2.38 bits per heavy atom. The first-order valence-electron chi connectivity index (χ1n) is 9.09. The number of benzene rings is 2. The van der Waals surface area contributed by atoms with Crippen LogP contribution in [0.4, 0.5) is 0 Å². The Morgan fingerprint density at radius 1 is 0.875 bits per heavy atom.